The minimum atomic E-state index is -0.475. The maximum absolute atomic E-state index is 10.2. The number of ketones is 1. The van der Waals surface area contributed by atoms with Crippen molar-refractivity contribution in [1.29, 1.82) is 10.8 Å². The van der Waals surface area contributed by atoms with E-state index < -0.39 is 5.97 Å². The molecular formula is C5H8N2O3. The van der Waals surface area contributed by atoms with E-state index in [0.29, 0.717) is 0 Å². The van der Waals surface area contributed by atoms with E-state index in [0.717, 1.165) is 0 Å². The molecule has 5 heteroatoms. The molecule has 56 valence electrons. The smallest absolute Gasteiger partial charge is 0.313 e. The van der Waals surface area contributed by atoms with Crippen LogP contribution in [0.25, 0.3) is 0 Å². The Labute approximate surface area is 58.4 Å². The van der Waals surface area contributed by atoms with E-state index in [1.165, 1.54) is 14.0 Å². The van der Waals surface area contributed by atoms with Crippen molar-refractivity contribution < 1.29 is 14.3 Å². The Morgan fingerprint density at radius 1 is 1.40 bits per heavy atom. The topological polar surface area (TPSA) is 90.9 Å². The highest BCUT2D eigenvalue weighted by Crippen LogP contribution is 1.83. The fourth-order valence-corrected chi connectivity index (χ4v) is 0.275. The van der Waals surface area contributed by atoms with Crippen molar-refractivity contribution in [2.75, 3.05) is 7.11 Å². The number of esters is 1. The molecule has 0 saturated carbocycles. The van der Waals surface area contributed by atoms with E-state index in [9.17, 15) is 9.59 Å². The van der Waals surface area contributed by atoms with Crippen LogP contribution in [0, 0.1) is 10.8 Å². The largest absolute Gasteiger partial charge is 0.469 e. The van der Waals surface area contributed by atoms with Crippen molar-refractivity contribution in [2.45, 2.75) is 13.3 Å². The Morgan fingerprint density at radius 3 is 1.90 bits per heavy atom. The summed E-state index contributed by atoms with van der Waals surface area (Å²) < 4.78 is 4.20. The van der Waals surface area contributed by atoms with Crippen molar-refractivity contribution in [3.8, 4) is 0 Å². The van der Waals surface area contributed by atoms with Gasteiger partial charge in [0.25, 0.3) is 0 Å². The molecule has 0 aliphatic rings. The van der Waals surface area contributed by atoms with E-state index in [2.05, 4.69) is 4.74 Å². The van der Waals surface area contributed by atoms with Gasteiger partial charge in [-0.05, 0) is 6.92 Å². The standard InChI is InChI=1S/C5H8O3.N2/c1-4(6)3-5(7)8-2;1-2/h3H2,1-2H3;. The van der Waals surface area contributed by atoms with Gasteiger partial charge in [0, 0.05) is 10.8 Å². The second-order valence-electron chi connectivity index (χ2n) is 1.45. The molecule has 0 aliphatic heterocycles. The van der Waals surface area contributed by atoms with E-state index >= 15 is 0 Å². The predicted molar refractivity (Wildman–Crippen MR) is 30.8 cm³/mol. The van der Waals surface area contributed by atoms with Crippen LogP contribution < -0.4 is 0 Å². The second-order valence-corrected chi connectivity index (χ2v) is 1.45. The third-order valence-electron chi connectivity index (χ3n) is 0.621. The van der Waals surface area contributed by atoms with Crippen molar-refractivity contribution in [2.24, 2.45) is 0 Å². The monoisotopic (exact) mass is 144 g/mol. The van der Waals surface area contributed by atoms with Crippen molar-refractivity contribution in [3.63, 3.8) is 0 Å². The van der Waals surface area contributed by atoms with Crippen LogP contribution in [0.4, 0.5) is 0 Å². The summed E-state index contributed by atoms with van der Waals surface area (Å²) in [5.41, 5.74) is 0. The van der Waals surface area contributed by atoms with Crippen LogP contribution in [0.1, 0.15) is 13.3 Å². The van der Waals surface area contributed by atoms with Gasteiger partial charge in [0.15, 0.2) is 0 Å². The molecule has 0 unspecified atom stereocenters. The molecule has 0 radical (unpaired) electrons. The van der Waals surface area contributed by atoms with Gasteiger partial charge in [-0.25, -0.2) is 0 Å². The zero-order valence-corrected chi connectivity index (χ0v) is 5.83. The normalized spacial score (nSPS) is 6.80. The molecule has 5 nitrogen and oxygen atoms in total. The van der Waals surface area contributed by atoms with Crippen molar-refractivity contribution in [3.05, 3.63) is 0 Å². The van der Waals surface area contributed by atoms with Crippen LogP contribution in [-0.4, -0.2) is 18.9 Å². The van der Waals surface area contributed by atoms with Gasteiger partial charge in [0.2, 0.25) is 0 Å². The molecule has 0 aromatic heterocycles. The van der Waals surface area contributed by atoms with Gasteiger partial charge in [-0.2, -0.15) is 0 Å². The Hall–Kier alpha value is -1.44. The summed E-state index contributed by atoms with van der Waals surface area (Å²) in [7, 11) is 1.26. The van der Waals surface area contributed by atoms with Crippen molar-refractivity contribution >= 4 is 11.8 Å². The third-order valence-corrected chi connectivity index (χ3v) is 0.621. The van der Waals surface area contributed by atoms with Gasteiger partial charge < -0.3 is 4.74 Å². The van der Waals surface area contributed by atoms with E-state index in [4.69, 9.17) is 10.8 Å². The molecule has 0 heterocycles. The number of methoxy groups -OCH3 is 1. The molecule has 0 amide bonds. The lowest BCUT2D eigenvalue weighted by Gasteiger charge is -1.90. The molecule has 0 bridgehead atoms. The summed E-state index contributed by atoms with van der Waals surface area (Å²) >= 11 is 0. The number of hydrogen-bond acceptors (Lipinski definition) is 5. The maximum Gasteiger partial charge on any atom is 0.313 e. The summed E-state index contributed by atoms with van der Waals surface area (Å²) in [6.45, 7) is 1.34. The van der Waals surface area contributed by atoms with E-state index in [1.54, 1.807) is 0 Å². The van der Waals surface area contributed by atoms with Crippen LogP contribution in [0.2, 0.25) is 0 Å². The Bertz CT molecular complexity index is 141. The maximum atomic E-state index is 10.2. The first-order valence-corrected chi connectivity index (χ1v) is 2.43. The first-order chi connectivity index (χ1) is 4.66. The van der Waals surface area contributed by atoms with Crippen LogP contribution >= 0.6 is 0 Å². The quantitative estimate of drug-likeness (QED) is 0.313. The lowest BCUT2D eigenvalue weighted by Crippen LogP contribution is -2.05. The zero-order valence-electron chi connectivity index (χ0n) is 5.83. The van der Waals surface area contributed by atoms with Gasteiger partial charge >= 0.3 is 5.97 Å². The summed E-state index contributed by atoms with van der Waals surface area (Å²) in [5.74, 6) is -0.644. The number of carbonyl (C=O) groups excluding carboxylic acids is 2. The number of nitrogens with zero attached hydrogens (tertiary/aromatic N) is 2. The third kappa shape index (κ3) is 9.75. The number of rotatable bonds is 2. The summed E-state index contributed by atoms with van der Waals surface area (Å²) in [6.07, 6.45) is -0.115. The summed E-state index contributed by atoms with van der Waals surface area (Å²) in [4.78, 5) is 20.3. The summed E-state index contributed by atoms with van der Waals surface area (Å²) in [5, 5.41) is 12.0. The van der Waals surface area contributed by atoms with Gasteiger partial charge in [-0.3, -0.25) is 9.59 Å². The lowest BCUT2D eigenvalue weighted by molar-refractivity contribution is -0.142. The number of carbonyl (C=O) groups is 2. The average molecular weight is 144 g/mol. The second kappa shape index (κ2) is 7.56. The Balaban J connectivity index is 0. The van der Waals surface area contributed by atoms with Crippen molar-refractivity contribution in [1.82, 2.24) is 0 Å². The first-order valence-electron chi connectivity index (χ1n) is 2.43. The highest BCUT2D eigenvalue weighted by Gasteiger charge is 2.01. The molecule has 0 rings (SSSR count). The molecular weight excluding hydrogens is 136 g/mol. The summed E-state index contributed by atoms with van der Waals surface area (Å²) in [6, 6.07) is 0. The Kier molecular flexibility index (Phi) is 8.59. The number of ether oxygens (including phenoxy) is 1. The predicted octanol–water partition coefficient (Wildman–Crippen LogP) is 0.169. The minimum absolute atomic E-state index is 0.115. The molecule has 0 fully saturated rings. The van der Waals surface area contributed by atoms with Crippen LogP contribution in [-0.2, 0) is 14.3 Å². The molecule has 0 N–H and O–H groups in total. The molecule has 0 saturated heterocycles. The average Bonchev–Trinajstić information content (AvgIpc) is 1.91. The first kappa shape index (κ1) is 11.4. The van der Waals surface area contributed by atoms with E-state index in [1.807, 2.05) is 0 Å². The molecule has 10 heavy (non-hydrogen) atoms. The van der Waals surface area contributed by atoms with Gasteiger partial charge in [-0.15, -0.1) is 0 Å². The molecule has 0 aliphatic carbocycles. The van der Waals surface area contributed by atoms with Gasteiger partial charge in [0.05, 0.1) is 7.11 Å². The molecule has 0 aromatic carbocycles. The molecule has 0 spiro atoms. The minimum Gasteiger partial charge on any atom is -0.469 e. The Morgan fingerprint density at radius 2 is 1.80 bits per heavy atom. The molecule has 0 atom stereocenters. The molecule has 0 aromatic rings. The van der Waals surface area contributed by atoms with E-state index in [-0.39, 0.29) is 12.2 Å². The van der Waals surface area contributed by atoms with Crippen LogP contribution in [0.3, 0.4) is 0 Å². The highest BCUT2D eigenvalue weighted by molar-refractivity contribution is 5.93. The SMILES string of the molecule is COC(=O)CC(C)=O.N#N. The fraction of sp³-hybridized carbons (Fsp3) is 0.600. The van der Waals surface area contributed by atoms with Crippen LogP contribution in [0.15, 0.2) is 0 Å². The van der Waals surface area contributed by atoms with Gasteiger partial charge in [-0.1, -0.05) is 0 Å². The highest BCUT2D eigenvalue weighted by atomic mass is 16.5. The zero-order chi connectivity index (χ0) is 8.57. The lowest BCUT2D eigenvalue weighted by atomic mass is 10.3. The fourth-order valence-electron chi connectivity index (χ4n) is 0.275. The van der Waals surface area contributed by atoms with Gasteiger partial charge in [0.1, 0.15) is 12.2 Å². The number of hydrogen-bond donors (Lipinski definition) is 0. The van der Waals surface area contributed by atoms with Crippen LogP contribution in [0.5, 0.6) is 0 Å². The number of Topliss-reactive ketones (excluding diaryl/α,β-unsaturated/α-hetero) is 1.